The van der Waals surface area contributed by atoms with Crippen molar-refractivity contribution in [2.45, 2.75) is 0 Å². The number of amides is 1. The maximum absolute atomic E-state index is 12.1. The molecule has 0 bridgehead atoms. The molecule has 0 unspecified atom stereocenters. The topological polar surface area (TPSA) is 66.9 Å². The molecule has 138 valence electrons. The van der Waals surface area contributed by atoms with Crippen molar-refractivity contribution in [3.8, 4) is 11.5 Å². The fraction of sp³-hybridized carbons (Fsp3) is 0.368. The minimum Gasteiger partial charge on any atom is -0.493 e. The quantitative estimate of drug-likeness (QED) is 0.852. The normalized spacial score (nSPS) is 14.8. The molecule has 7 nitrogen and oxygen atoms in total. The van der Waals surface area contributed by atoms with Crippen LogP contribution in [0.15, 0.2) is 42.6 Å². The number of ether oxygens (including phenoxy) is 2. The molecule has 2 aromatic rings. The summed E-state index contributed by atoms with van der Waals surface area (Å²) >= 11 is 0. The van der Waals surface area contributed by atoms with Crippen LogP contribution in [0.1, 0.15) is 0 Å². The van der Waals surface area contributed by atoms with Crippen molar-refractivity contribution in [1.29, 1.82) is 0 Å². The molecule has 0 saturated carbocycles. The van der Waals surface area contributed by atoms with Crippen LogP contribution in [0, 0.1) is 0 Å². The standard InChI is InChI=1S/C19H24N4O3/c1-22-9-11-23(12-10-22)18-8-7-15(13-20-18)21-19(24)14-26-17-6-4-3-5-16(17)25-2/h3-8,13H,9-12,14H2,1-2H3,(H,21,24). The van der Waals surface area contributed by atoms with Gasteiger partial charge in [0, 0.05) is 26.2 Å². The minimum absolute atomic E-state index is 0.0966. The number of nitrogens with one attached hydrogen (secondary N) is 1. The van der Waals surface area contributed by atoms with E-state index in [9.17, 15) is 4.79 Å². The number of likely N-dealkylation sites (N-methyl/N-ethyl adjacent to an activating group) is 1. The van der Waals surface area contributed by atoms with Crippen molar-refractivity contribution < 1.29 is 14.3 Å². The molecule has 2 heterocycles. The van der Waals surface area contributed by atoms with Gasteiger partial charge in [0.25, 0.3) is 5.91 Å². The molecule has 7 heteroatoms. The molecule has 26 heavy (non-hydrogen) atoms. The van der Waals surface area contributed by atoms with Crippen LogP contribution < -0.4 is 19.7 Å². The summed E-state index contributed by atoms with van der Waals surface area (Å²) in [6.45, 7) is 3.88. The highest BCUT2D eigenvalue weighted by Crippen LogP contribution is 2.25. The molecule has 1 N–H and O–H groups in total. The van der Waals surface area contributed by atoms with Crippen molar-refractivity contribution >= 4 is 17.4 Å². The van der Waals surface area contributed by atoms with Crippen molar-refractivity contribution in [3.63, 3.8) is 0 Å². The zero-order valence-corrected chi connectivity index (χ0v) is 15.1. The van der Waals surface area contributed by atoms with E-state index in [1.165, 1.54) is 0 Å². The lowest BCUT2D eigenvalue weighted by Gasteiger charge is -2.33. The van der Waals surface area contributed by atoms with Crippen LogP contribution in [0.2, 0.25) is 0 Å². The molecule has 3 rings (SSSR count). The number of carbonyl (C=O) groups is 1. The summed E-state index contributed by atoms with van der Waals surface area (Å²) in [5.41, 5.74) is 0.650. The zero-order valence-electron chi connectivity index (χ0n) is 15.1. The van der Waals surface area contributed by atoms with Crippen molar-refractivity contribution in [2.24, 2.45) is 0 Å². The van der Waals surface area contributed by atoms with E-state index in [2.05, 4.69) is 27.1 Å². The van der Waals surface area contributed by atoms with E-state index in [-0.39, 0.29) is 12.5 Å². The number of pyridine rings is 1. The maximum Gasteiger partial charge on any atom is 0.262 e. The summed E-state index contributed by atoms with van der Waals surface area (Å²) in [6.07, 6.45) is 1.68. The molecular weight excluding hydrogens is 332 g/mol. The third-order valence-corrected chi connectivity index (χ3v) is 4.29. The average molecular weight is 356 g/mol. The van der Waals surface area contributed by atoms with Gasteiger partial charge in [0.2, 0.25) is 0 Å². The molecule has 0 spiro atoms. The first-order valence-corrected chi connectivity index (χ1v) is 8.61. The Bertz CT molecular complexity index is 728. The van der Waals surface area contributed by atoms with E-state index < -0.39 is 0 Å². The molecule has 0 radical (unpaired) electrons. The average Bonchev–Trinajstić information content (AvgIpc) is 2.68. The monoisotopic (exact) mass is 356 g/mol. The molecule has 1 saturated heterocycles. The van der Waals surface area contributed by atoms with Crippen LogP contribution in [0.3, 0.4) is 0 Å². The second-order valence-electron chi connectivity index (χ2n) is 6.18. The third-order valence-electron chi connectivity index (χ3n) is 4.29. The highest BCUT2D eigenvalue weighted by atomic mass is 16.5. The Hall–Kier alpha value is -2.80. The summed E-state index contributed by atoms with van der Waals surface area (Å²) in [6, 6.07) is 11.0. The van der Waals surface area contributed by atoms with Gasteiger partial charge >= 0.3 is 0 Å². The number of aromatic nitrogens is 1. The maximum atomic E-state index is 12.1. The van der Waals surface area contributed by atoms with Gasteiger partial charge in [-0.15, -0.1) is 0 Å². The predicted molar refractivity (Wildman–Crippen MR) is 101 cm³/mol. The van der Waals surface area contributed by atoms with Gasteiger partial charge in [-0.2, -0.15) is 0 Å². The van der Waals surface area contributed by atoms with E-state index in [0.717, 1.165) is 32.0 Å². The smallest absolute Gasteiger partial charge is 0.262 e. The Morgan fingerprint density at radius 3 is 2.50 bits per heavy atom. The van der Waals surface area contributed by atoms with E-state index >= 15 is 0 Å². The van der Waals surface area contributed by atoms with Gasteiger partial charge in [0.05, 0.1) is 19.0 Å². The molecule has 1 amide bonds. The molecule has 1 aromatic carbocycles. The van der Waals surface area contributed by atoms with E-state index in [1.54, 1.807) is 25.4 Å². The van der Waals surface area contributed by atoms with Gasteiger partial charge < -0.3 is 24.6 Å². The fourth-order valence-electron chi connectivity index (χ4n) is 2.76. The van der Waals surface area contributed by atoms with Crippen molar-refractivity contribution in [3.05, 3.63) is 42.6 Å². The highest BCUT2D eigenvalue weighted by Gasteiger charge is 2.15. The van der Waals surface area contributed by atoms with E-state index in [1.807, 2.05) is 24.3 Å². The molecule has 1 fully saturated rings. The second kappa shape index (κ2) is 8.53. The Kier molecular flexibility index (Phi) is 5.91. The lowest BCUT2D eigenvalue weighted by atomic mass is 10.3. The largest absolute Gasteiger partial charge is 0.493 e. The molecule has 1 aliphatic heterocycles. The third kappa shape index (κ3) is 4.64. The first-order chi connectivity index (χ1) is 12.7. The molecule has 1 aromatic heterocycles. The number of piperazine rings is 1. The van der Waals surface area contributed by atoms with Gasteiger partial charge in [0.15, 0.2) is 18.1 Å². The summed E-state index contributed by atoms with van der Waals surface area (Å²) in [4.78, 5) is 21.1. The number of methoxy groups -OCH3 is 1. The number of carbonyl (C=O) groups excluding carboxylic acids is 1. The van der Waals surface area contributed by atoms with Crippen molar-refractivity contribution in [2.75, 3.05) is 57.2 Å². The highest BCUT2D eigenvalue weighted by molar-refractivity contribution is 5.91. The number of nitrogens with zero attached hydrogens (tertiary/aromatic N) is 3. The Morgan fingerprint density at radius 2 is 1.85 bits per heavy atom. The van der Waals surface area contributed by atoms with E-state index in [0.29, 0.717) is 17.2 Å². The number of rotatable bonds is 6. The molecule has 0 atom stereocenters. The number of para-hydroxylation sites is 2. The van der Waals surface area contributed by atoms with Crippen LogP contribution in [-0.2, 0) is 4.79 Å². The van der Waals surface area contributed by atoms with Crippen LogP contribution in [0.25, 0.3) is 0 Å². The minimum atomic E-state index is -0.245. The van der Waals surface area contributed by atoms with Gasteiger partial charge in [-0.05, 0) is 31.3 Å². The van der Waals surface area contributed by atoms with E-state index in [4.69, 9.17) is 9.47 Å². The number of hydrogen-bond donors (Lipinski definition) is 1. The van der Waals surface area contributed by atoms with Gasteiger partial charge in [-0.25, -0.2) is 4.98 Å². The zero-order chi connectivity index (χ0) is 18.4. The van der Waals surface area contributed by atoms with Crippen molar-refractivity contribution in [1.82, 2.24) is 9.88 Å². The first-order valence-electron chi connectivity index (χ1n) is 8.61. The molecule has 1 aliphatic rings. The van der Waals surface area contributed by atoms with Crippen LogP contribution in [0.5, 0.6) is 11.5 Å². The fourth-order valence-corrected chi connectivity index (χ4v) is 2.76. The lowest BCUT2D eigenvalue weighted by molar-refractivity contribution is -0.118. The lowest BCUT2D eigenvalue weighted by Crippen LogP contribution is -2.44. The SMILES string of the molecule is COc1ccccc1OCC(=O)Nc1ccc(N2CCN(C)CC2)nc1. The Labute approximate surface area is 153 Å². The second-order valence-corrected chi connectivity index (χ2v) is 6.18. The number of anilines is 2. The summed E-state index contributed by atoms with van der Waals surface area (Å²) in [5.74, 6) is 1.82. The van der Waals surface area contributed by atoms with Crippen LogP contribution >= 0.6 is 0 Å². The number of benzene rings is 1. The van der Waals surface area contributed by atoms with Crippen LogP contribution in [-0.4, -0.2) is 62.7 Å². The first kappa shape index (κ1) is 18.0. The summed E-state index contributed by atoms with van der Waals surface area (Å²) in [7, 11) is 3.69. The summed E-state index contributed by atoms with van der Waals surface area (Å²) in [5, 5.41) is 2.79. The Balaban J connectivity index is 1.51. The van der Waals surface area contributed by atoms with Gasteiger partial charge in [0.1, 0.15) is 5.82 Å². The molecular formula is C19H24N4O3. The van der Waals surface area contributed by atoms with Gasteiger partial charge in [-0.3, -0.25) is 4.79 Å². The Morgan fingerprint density at radius 1 is 1.12 bits per heavy atom. The predicted octanol–water partition coefficient (Wildman–Crippen LogP) is 1.86. The summed E-state index contributed by atoms with van der Waals surface area (Å²) < 4.78 is 10.7. The van der Waals surface area contributed by atoms with Gasteiger partial charge in [-0.1, -0.05) is 12.1 Å². The number of hydrogen-bond acceptors (Lipinski definition) is 6. The van der Waals surface area contributed by atoms with Crippen LogP contribution in [0.4, 0.5) is 11.5 Å². The molecule has 0 aliphatic carbocycles.